The van der Waals surface area contributed by atoms with Crippen LogP contribution in [0.2, 0.25) is 0 Å². The number of rotatable bonds is 55. The molecule has 0 radical (unpaired) electrons. The minimum atomic E-state index is -1.79. The highest BCUT2D eigenvalue weighted by Crippen LogP contribution is 2.30. The third kappa shape index (κ3) is 38.6. The lowest BCUT2D eigenvalue weighted by molar-refractivity contribution is -0.359. The van der Waals surface area contributed by atoms with Crippen molar-refractivity contribution in [3.63, 3.8) is 0 Å². The minimum absolute atomic E-state index is 0.248. The average Bonchev–Trinajstić information content (AvgIpc) is 3.64. The van der Waals surface area contributed by atoms with Gasteiger partial charge in [-0.15, -0.1) is 0 Å². The summed E-state index contributed by atoms with van der Waals surface area (Å²) in [5, 5.41) is 87.3. The number of carbonyl (C=O) groups excluding carboxylic acids is 1. The highest BCUT2D eigenvalue weighted by Gasteiger charge is 2.51. The third-order valence-electron chi connectivity index (χ3n) is 16.4. The molecule has 2 aliphatic heterocycles. The van der Waals surface area contributed by atoms with E-state index < -0.39 is 86.8 Å². The van der Waals surface area contributed by atoms with Crippen molar-refractivity contribution in [3.05, 3.63) is 60.8 Å². The van der Waals surface area contributed by atoms with Crippen LogP contribution in [0.25, 0.3) is 0 Å². The van der Waals surface area contributed by atoms with Crippen LogP contribution in [0.15, 0.2) is 60.8 Å². The Kier molecular flexibility index (Phi) is 49.9. The summed E-state index contributed by atoms with van der Waals surface area (Å²) in [5.41, 5.74) is 0. The lowest BCUT2D eigenvalue weighted by atomic mass is 9.97. The van der Waals surface area contributed by atoms with Gasteiger partial charge in [0.15, 0.2) is 12.6 Å². The fourth-order valence-corrected chi connectivity index (χ4v) is 11.0. The molecule has 14 heteroatoms. The summed E-state index contributed by atoms with van der Waals surface area (Å²) in [6, 6.07) is -0.933. The largest absolute Gasteiger partial charge is 0.394 e. The number of aliphatic hydroxyl groups is 8. The third-order valence-corrected chi connectivity index (χ3v) is 16.4. The Bertz CT molecular complexity index is 1620. The molecule has 12 atom stereocenters. The van der Waals surface area contributed by atoms with Crippen LogP contribution in [0.5, 0.6) is 0 Å². The first-order chi connectivity index (χ1) is 40.6. The number of carbonyl (C=O) groups is 1. The molecule has 12 unspecified atom stereocenters. The van der Waals surface area contributed by atoms with E-state index in [4.69, 9.17) is 18.9 Å². The van der Waals surface area contributed by atoms with Crippen molar-refractivity contribution < 1.29 is 64.6 Å². The zero-order chi connectivity index (χ0) is 60.2. The van der Waals surface area contributed by atoms with E-state index in [0.717, 1.165) is 44.9 Å². The number of ether oxygens (including phenoxy) is 4. The highest BCUT2D eigenvalue weighted by atomic mass is 16.7. The number of allylic oxidation sites excluding steroid dienone is 9. The van der Waals surface area contributed by atoms with Crippen LogP contribution in [0.1, 0.15) is 277 Å². The summed E-state index contributed by atoms with van der Waals surface area (Å²) >= 11 is 0. The first-order valence-electron chi connectivity index (χ1n) is 34.0. The van der Waals surface area contributed by atoms with Gasteiger partial charge in [0, 0.05) is 6.42 Å². The molecule has 484 valence electrons. The van der Waals surface area contributed by atoms with Crippen molar-refractivity contribution in [1.82, 2.24) is 5.32 Å². The van der Waals surface area contributed by atoms with Gasteiger partial charge in [0.05, 0.1) is 32.0 Å². The van der Waals surface area contributed by atoms with E-state index in [2.05, 4.69) is 67.8 Å². The summed E-state index contributed by atoms with van der Waals surface area (Å²) in [7, 11) is 0. The molecule has 2 aliphatic rings. The predicted octanol–water partition coefficient (Wildman–Crippen LogP) is 13.3. The predicted molar refractivity (Wildman–Crippen MR) is 337 cm³/mol. The van der Waals surface area contributed by atoms with Crippen LogP contribution < -0.4 is 5.32 Å². The molecule has 0 aromatic heterocycles. The second-order valence-electron chi connectivity index (χ2n) is 23.9. The molecule has 2 fully saturated rings. The molecule has 0 aromatic carbocycles. The molecule has 0 bridgehead atoms. The van der Waals surface area contributed by atoms with Gasteiger partial charge in [-0.2, -0.15) is 0 Å². The van der Waals surface area contributed by atoms with E-state index in [-0.39, 0.29) is 18.9 Å². The Hall–Kier alpha value is -2.31. The molecule has 14 nitrogen and oxygen atoms in total. The van der Waals surface area contributed by atoms with Crippen LogP contribution in [-0.2, 0) is 23.7 Å². The van der Waals surface area contributed by atoms with Gasteiger partial charge >= 0.3 is 0 Å². The van der Waals surface area contributed by atoms with E-state index in [1.807, 2.05) is 6.08 Å². The normalized spacial score (nSPS) is 24.2. The van der Waals surface area contributed by atoms with Gasteiger partial charge in [0.25, 0.3) is 0 Å². The molecule has 2 rings (SSSR count). The summed E-state index contributed by atoms with van der Waals surface area (Å²) < 4.78 is 22.8. The van der Waals surface area contributed by atoms with E-state index in [0.29, 0.717) is 12.8 Å². The van der Waals surface area contributed by atoms with Gasteiger partial charge < -0.3 is 65.1 Å². The van der Waals surface area contributed by atoms with Crippen LogP contribution in [0, 0.1) is 0 Å². The first kappa shape index (κ1) is 76.8. The molecule has 9 N–H and O–H groups in total. The zero-order valence-electron chi connectivity index (χ0n) is 52.4. The molecule has 0 aromatic rings. The van der Waals surface area contributed by atoms with E-state index >= 15 is 0 Å². The smallest absolute Gasteiger partial charge is 0.220 e. The van der Waals surface area contributed by atoms with Gasteiger partial charge in [0.2, 0.25) is 5.91 Å². The fourth-order valence-electron chi connectivity index (χ4n) is 11.0. The highest BCUT2D eigenvalue weighted by molar-refractivity contribution is 5.76. The average molecular weight is 1180 g/mol. The summed E-state index contributed by atoms with van der Waals surface area (Å²) in [6.45, 7) is 2.79. The maximum absolute atomic E-state index is 13.3. The Morgan fingerprint density at radius 3 is 1.27 bits per heavy atom. The van der Waals surface area contributed by atoms with Gasteiger partial charge in [-0.05, 0) is 70.6 Å². The Morgan fingerprint density at radius 1 is 0.434 bits per heavy atom. The summed E-state index contributed by atoms with van der Waals surface area (Å²) in [6.07, 6.45) is 54.2. The quantitative estimate of drug-likeness (QED) is 0.0204. The second kappa shape index (κ2) is 53.9. The maximum atomic E-state index is 13.3. The maximum Gasteiger partial charge on any atom is 0.220 e. The van der Waals surface area contributed by atoms with Crippen LogP contribution in [0.4, 0.5) is 0 Å². The van der Waals surface area contributed by atoms with Crippen molar-refractivity contribution in [2.75, 3.05) is 19.8 Å². The number of hydrogen-bond acceptors (Lipinski definition) is 13. The number of hydrogen-bond donors (Lipinski definition) is 9. The topological polar surface area (TPSA) is 228 Å². The molecule has 83 heavy (non-hydrogen) atoms. The molecule has 0 aliphatic carbocycles. The Morgan fingerprint density at radius 2 is 0.807 bits per heavy atom. The molecule has 0 spiro atoms. The van der Waals surface area contributed by atoms with Crippen molar-refractivity contribution in [2.24, 2.45) is 0 Å². The van der Waals surface area contributed by atoms with Gasteiger partial charge in [-0.3, -0.25) is 4.79 Å². The molecule has 0 saturated carbocycles. The van der Waals surface area contributed by atoms with Crippen molar-refractivity contribution in [2.45, 2.75) is 351 Å². The van der Waals surface area contributed by atoms with Gasteiger partial charge in [-0.25, -0.2) is 0 Å². The van der Waals surface area contributed by atoms with E-state index in [1.165, 1.54) is 199 Å². The van der Waals surface area contributed by atoms with Gasteiger partial charge in [0.1, 0.15) is 48.8 Å². The summed E-state index contributed by atoms with van der Waals surface area (Å²) in [5.74, 6) is -0.248. The summed E-state index contributed by atoms with van der Waals surface area (Å²) in [4.78, 5) is 13.3. The van der Waals surface area contributed by atoms with Gasteiger partial charge in [-0.1, -0.05) is 261 Å². The fraction of sp³-hybridized carbons (Fsp3) is 0.841. The molecule has 2 heterocycles. The standard InChI is InChI=1S/C69H125NO13/c1-3-5-7-9-11-13-15-17-19-21-23-24-25-26-27-28-29-30-31-32-33-34-35-37-39-41-43-45-47-49-51-53-61(74)70-57(58(73)52-50-48-46-44-42-40-38-36-22-20-18-16-14-12-10-8-6-4-2)56-80-68-66(79)64(77)67(60(55-72)82-68)83-69-65(78)63(76)62(75)59(54-71)81-69/h15,17,21,23,25-26,42,44,50,52,57-60,62-69,71-73,75-79H,3-14,16,18-20,22,24,27-41,43,45-49,51,53-56H2,1-2H3,(H,70,74)/b17-15-,23-21-,26-25-,44-42+,52-50+. The zero-order valence-corrected chi connectivity index (χ0v) is 52.4. The number of unbranched alkanes of at least 4 members (excludes halogenated alkanes) is 34. The lowest BCUT2D eigenvalue weighted by Gasteiger charge is -2.46. The Labute approximate surface area is 505 Å². The molecular formula is C69H125NO13. The number of amides is 1. The monoisotopic (exact) mass is 1180 g/mol. The SMILES string of the molecule is CCCCCCC/C=C\C/C=C\C/C=C\CCCCCCCCCCCCCCCCCCC(=O)NC(COC1OC(CO)C(OC2OC(CO)C(O)C(O)C2O)C(O)C1O)C(O)/C=C/CC/C=C/CCCCCCCCCCCCCC. The Balaban J connectivity index is 1.68. The van der Waals surface area contributed by atoms with Crippen molar-refractivity contribution >= 4 is 5.91 Å². The number of nitrogens with one attached hydrogen (secondary N) is 1. The van der Waals surface area contributed by atoms with E-state index in [9.17, 15) is 45.6 Å². The molecule has 2 saturated heterocycles. The second-order valence-corrected chi connectivity index (χ2v) is 23.9. The van der Waals surface area contributed by atoms with Crippen molar-refractivity contribution in [1.29, 1.82) is 0 Å². The van der Waals surface area contributed by atoms with Crippen LogP contribution in [0.3, 0.4) is 0 Å². The lowest BCUT2D eigenvalue weighted by Crippen LogP contribution is -2.65. The van der Waals surface area contributed by atoms with Crippen LogP contribution >= 0.6 is 0 Å². The minimum Gasteiger partial charge on any atom is -0.394 e. The molecular weight excluding hydrogens is 1050 g/mol. The first-order valence-corrected chi connectivity index (χ1v) is 34.0. The van der Waals surface area contributed by atoms with Crippen molar-refractivity contribution in [3.8, 4) is 0 Å². The van der Waals surface area contributed by atoms with E-state index in [1.54, 1.807) is 6.08 Å². The van der Waals surface area contributed by atoms with Crippen LogP contribution in [-0.4, -0.2) is 140 Å². The molecule has 1 amide bonds. The number of aliphatic hydroxyl groups excluding tert-OH is 8.